The van der Waals surface area contributed by atoms with Gasteiger partial charge in [0.2, 0.25) is 0 Å². The minimum absolute atomic E-state index is 0.128. The molecule has 8 nitrogen and oxygen atoms in total. The third-order valence-electron chi connectivity index (χ3n) is 3.74. The summed E-state index contributed by atoms with van der Waals surface area (Å²) in [5.74, 6) is 1.54. The van der Waals surface area contributed by atoms with Crippen molar-refractivity contribution in [1.82, 2.24) is 0 Å². The van der Waals surface area contributed by atoms with Crippen molar-refractivity contribution in [2.75, 3.05) is 17.7 Å². The van der Waals surface area contributed by atoms with Crippen molar-refractivity contribution in [3.8, 4) is 17.2 Å². The van der Waals surface area contributed by atoms with Gasteiger partial charge in [-0.05, 0) is 42.5 Å². The Kier molecular flexibility index (Phi) is 5.71. The largest absolute Gasteiger partial charge is 0.494 e. The van der Waals surface area contributed by atoms with Gasteiger partial charge in [-0.25, -0.2) is 4.79 Å². The van der Waals surface area contributed by atoms with E-state index in [1.807, 2.05) is 30.3 Å². The van der Waals surface area contributed by atoms with Crippen LogP contribution in [0.2, 0.25) is 0 Å². The summed E-state index contributed by atoms with van der Waals surface area (Å²) in [4.78, 5) is 22.5. The first-order valence-electron chi connectivity index (χ1n) is 8.28. The Bertz CT molecular complexity index is 975. The molecule has 0 aliphatic carbocycles. The second kappa shape index (κ2) is 8.54. The molecular weight excluding hydrogens is 362 g/mol. The fourth-order valence-corrected chi connectivity index (χ4v) is 2.41. The molecule has 3 rings (SSSR count). The summed E-state index contributed by atoms with van der Waals surface area (Å²) in [6.45, 7) is 0. The molecule has 0 fully saturated rings. The molecule has 2 amide bonds. The fourth-order valence-electron chi connectivity index (χ4n) is 2.41. The highest BCUT2D eigenvalue weighted by Crippen LogP contribution is 2.29. The van der Waals surface area contributed by atoms with Crippen molar-refractivity contribution in [2.45, 2.75) is 0 Å². The first-order chi connectivity index (χ1) is 13.5. The van der Waals surface area contributed by atoms with E-state index in [9.17, 15) is 14.9 Å². The number of ether oxygens (including phenoxy) is 2. The normalized spacial score (nSPS) is 10.0. The number of anilines is 2. The van der Waals surface area contributed by atoms with E-state index in [4.69, 9.17) is 9.47 Å². The predicted octanol–water partition coefficient (Wildman–Crippen LogP) is 5.04. The summed E-state index contributed by atoms with van der Waals surface area (Å²) in [7, 11) is 1.37. The highest BCUT2D eigenvalue weighted by Gasteiger charge is 2.13. The molecule has 0 saturated heterocycles. The first-order valence-corrected chi connectivity index (χ1v) is 8.28. The lowest BCUT2D eigenvalue weighted by Gasteiger charge is -2.11. The Balaban J connectivity index is 1.62. The maximum atomic E-state index is 12.2. The van der Waals surface area contributed by atoms with Gasteiger partial charge in [0.05, 0.1) is 23.8 Å². The molecule has 0 aliphatic heterocycles. The Morgan fingerprint density at radius 1 is 0.929 bits per heavy atom. The average molecular weight is 379 g/mol. The molecule has 0 heterocycles. The van der Waals surface area contributed by atoms with Crippen LogP contribution in [-0.4, -0.2) is 18.1 Å². The lowest BCUT2D eigenvalue weighted by atomic mass is 10.2. The molecular formula is C20H17N3O5. The van der Waals surface area contributed by atoms with Crippen LogP contribution in [0.4, 0.5) is 21.9 Å². The van der Waals surface area contributed by atoms with E-state index < -0.39 is 11.0 Å². The molecule has 28 heavy (non-hydrogen) atoms. The molecule has 0 aliphatic rings. The van der Waals surface area contributed by atoms with Crippen LogP contribution in [0.5, 0.6) is 17.2 Å². The van der Waals surface area contributed by atoms with Crippen molar-refractivity contribution in [1.29, 1.82) is 0 Å². The quantitative estimate of drug-likeness (QED) is 0.461. The topological polar surface area (TPSA) is 103 Å². The molecule has 0 atom stereocenters. The Morgan fingerprint density at radius 2 is 1.61 bits per heavy atom. The minimum atomic E-state index is -0.536. The van der Waals surface area contributed by atoms with Gasteiger partial charge in [0.1, 0.15) is 17.2 Å². The number of carbonyl (C=O) groups is 1. The van der Waals surface area contributed by atoms with E-state index in [2.05, 4.69) is 10.6 Å². The second-order valence-corrected chi connectivity index (χ2v) is 5.66. The number of benzene rings is 3. The van der Waals surface area contributed by atoms with Crippen LogP contribution >= 0.6 is 0 Å². The number of nitrogens with zero attached hydrogens (tertiary/aromatic N) is 1. The van der Waals surface area contributed by atoms with Crippen LogP contribution < -0.4 is 20.1 Å². The molecule has 8 heteroatoms. The van der Waals surface area contributed by atoms with Crippen LogP contribution in [0.25, 0.3) is 0 Å². The summed E-state index contributed by atoms with van der Waals surface area (Å²) in [6.07, 6.45) is 0. The van der Waals surface area contributed by atoms with Crippen LogP contribution in [0.3, 0.4) is 0 Å². The van der Waals surface area contributed by atoms with Crippen molar-refractivity contribution in [3.63, 3.8) is 0 Å². The zero-order valence-electron chi connectivity index (χ0n) is 14.9. The van der Waals surface area contributed by atoms with E-state index in [1.165, 1.54) is 25.3 Å². The highest BCUT2D eigenvalue weighted by molar-refractivity contribution is 6.00. The zero-order valence-corrected chi connectivity index (χ0v) is 14.9. The first kappa shape index (κ1) is 18.7. The molecule has 0 bridgehead atoms. The number of urea groups is 1. The van der Waals surface area contributed by atoms with Crippen LogP contribution in [-0.2, 0) is 0 Å². The Hall–Kier alpha value is -4.07. The van der Waals surface area contributed by atoms with Crippen molar-refractivity contribution < 1.29 is 19.2 Å². The average Bonchev–Trinajstić information content (AvgIpc) is 2.70. The number of amides is 2. The summed E-state index contributed by atoms with van der Waals surface area (Å²) in [6, 6.07) is 19.6. The number of hydrogen-bond acceptors (Lipinski definition) is 5. The number of hydrogen-bond donors (Lipinski definition) is 2. The van der Waals surface area contributed by atoms with Gasteiger partial charge in [-0.2, -0.15) is 0 Å². The molecule has 2 N–H and O–H groups in total. The van der Waals surface area contributed by atoms with Crippen LogP contribution in [0.15, 0.2) is 72.8 Å². The van der Waals surface area contributed by atoms with Gasteiger partial charge in [-0.1, -0.05) is 18.2 Å². The van der Waals surface area contributed by atoms with Crippen LogP contribution in [0, 0.1) is 10.1 Å². The standard InChI is InChI=1S/C20H17N3O5/c1-27-19-13-15(23(25)26)9-12-18(19)22-20(24)21-14-7-10-17(11-8-14)28-16-5-3-2-4-6-16/h2-13H,1H3,(H2,21,22,24). The number of non-ortho nitro benzene ring substituents is 1. The number of methoxy groups -OCH3 is 1. The third kappa shape index (κ3) is 4.76. The maximum absolute atomic E-state index is 12.2. The SMILES string of the molecule is COc1cc([N+](=O)[O-])ccc1NC(=O)Nc1ccc(Oc2ccccc2)cc1. The number of nitro benzene ring substituents is 1. The molecule has 0 unspecified atom stereocenters. The molecule has 0 radical (unpaired) electrons. The molecule has 0 aromatic heterocycles. The van der Waals surface area contributed by atoms with Gasteiger partial charge in [0, 0.05) is 11.8 Å². The fraction of sp³-hybridized carbons (Fsp3) is 0.0500. The summed E-state index contributed by atoms with van der Waals surface area (Å²) >= 11 is 0. The minimum Gasteiger partial charge on any atom is -0.494 e. The van der Waals surface area contributed by atoms with Crippen LogP contribution in [0.1, 0.15) is 0 Å². The highest BCUT2D eigenvalue weighted by atomic mass is 16.6. The van der Waals surface area contributed by atoms with Gasteiger partial charge >= 0.3 is 6.03 Å². The second-order valence-electron chi connectivity index (χ2n) is 5.66. The van der Waals surface area contributed by atoms with Gasteiger partial charge in [0.25, 0.3) is 5.69 Å². The lowest BCUT2D eigenvalue weighted by Crippen LogP contribution is -2.19. The van der Waals surface area contributed by atoms with Gasteiger partial charge in [-0.3, -0.25) is 10.1 Å². The van der Waals surface area contributed by atoms with E-state index >= 15 is 0 Å². The molecule has 0 spiro atoms. The molecule has 142 valence electrons. The predicted molar refractivity (Wildman–Crippen MR) is 105 cm³/mol. The van der Waals surface area contributed by atoms with Gasteiger partial charge in [-0.15, -0.1) is 0 Å². The molecule has 0 saturated carbocycles. The number of para-hydroxylation sites is 1. The van der Waals surface area contributed by atoms with Crippen molar-refractivity contribution in [2.24, 2.45) is 0 Å². The summed E-state index contributed by atoms with van der Waals surface area (Å²) in [5, 5.41) is 16.1. The summed E-state index contributed by atoms with van der Waals surface area (Å²) in [5.41, 5.74) is 0.741. The van der Waals surface area contributed by atoms with Gasteiger partial charge < -0.3 is 20.1 Å². The Labute approximate surface area is 160 Å². The van der Waals surface area contributed by atoms with E-state index in [-0.39, 0.29) is 11.4 Å². The lowest BCUT2D eigenvalue weighted by molar-refractivity contribution is -0.384. The Morgan fingerprint density at radius 3 is 2.25 bits per heavy atom. The van der Waals surface area contributed by atoms with E-state index in [0.717, 1.165) is 0 Å². The van der Waals surface area contributed by atoms with Gasteiger partial charge in [0.15, 0.2) is 0 Å². The number of nitro groups is 1. The number of rotatable bonds is 6. The maximum Gasteiger partial charge on any atom is 0.323 e. The smallest absolute Gasteiger partial charge is 0.323 e. The summed E-state index contributed by atoms with van der Waals surface area (Å²) < 4.78 is 10.8. The molecule has 3 aromatic carbocycles. The van der Waals surface area contributed by atoms with Crippen molar-refractivity contribution in [3.05, 3.63) is 82.9 Å². The molecule has 3 aromatic rings. The van der Waals surface area contributed by atoms with E-state index in [1.54, 1.807) is 24.3 Å². The zero-order chi connectivity index (χ0) is 19.9. The van der Waals surface area contributed by atoms with Crippen molar-refractivity contribution >= 4 is 23.1 Å². The number of nitrogens with one attached hydrogen (secondary N) is 2. The third-order valence-corrected chi connectivity index (χ3v) is 3.74. The van der Waals surface area contributed by atoms with E-state index in [0.29, 0.717) is 22.9 Å². The monoisotopic (exact) mass is 379 g/mol. The number of carbonyl (C=O) groups excluding carboxylic acids is 1.